The third kappa shape index (κ3) is 7.59. The molecule has 0 saturated carbocycles. The lowest BCUT2D eigenvalue weighted by Crippen LogP contribution is -2.20. The van der Waals surface area contributed by atoms with Gasteiger partial charge in [-0.2, -0.15) is 26.3 Å². The summed E-state index contributed by atoms with van der Waals surface area (Å²) < 4.78 is 121. The van der Waals surface area contributed by atoms with E-state index in [0.717, 1.165) is 24.3 Å². The molecule has 32 heavy (non-hydrogen) atoms. The van der Waals surface area contributed by atoms with Gasteiger partial charge >= 0.3 is 12.4 Å². The normalized spacial score (nSPS) is 12.2. The predicted molar refractivity (Wildman–Crippen MR) is 99.9 cm³/mol. The summed E-state index contributed by atoms with van der Waals surface area (Å²) in [6.07, 6.45) is -9.47. The van der Waals surface area contributed by atoms with Crippen molar-refractivity contribution in [1.29, 1.82) is 0 Å². The fraction of sp³-hybridized carbons (Fsp3) is 0.333. The Labute approximate surface area is 178 Å². The Balaban J connectivity index is 2.39. The molecule has 7 nitrogen and oxygen atoms in total. The van der Waals surface area contributed by atoms with Gasteiger partial charge in [0.2, 0.25) is 0 Å². The summed E-state index contributed by atoms with van der Waals surface area (Å²) in [6, 6.07) is 6.22. The van der Waals surface area contributed by atoms with Crippen LogP contribution in [-0.4, -0.2) is 48.2 Å². The number of rotatable bonds is 9. The van der Waals surface area contributed by atoms with E-state index >= 15 is 0 Å². The molecule has 0 heterocycles. The van der Waals surface area contributed by atoms with E-state index in [2.05, 4.69) is 14.2 Å². The van der Waals surface area contributed by atoms with Crippen LogP contribution in [0.5, 0.6) is 23.0 Å². The molecule has 0 saturated heterocycles. The first-order valence-corrected chi connectivity index (χ1v) is 10.00. The molecule has 14 heteroatoms. The van der Waals surface area contributed by atoms with Crippen molar-refractivity contribution in [2.75, 3.05) is 32.2 Å². The first-order chi connectivity index (χ1) is 14.7. The number of nitrogens with one attached hydrogen (secondary N) is 1. The molecule has 0 aliphatic heterocycles. The Morgan fingerprint density at radius 1 is 0.781 bits per heavy atom. The van der Waals surface area contributed by atoms with E-state index in [9.17, 15) is 34.8 Å². The van der Waals surface area contributed by atoms with Crippen molar-refractivity contribution >= 4 is 15.7 Å². The van der Waals surface area contributed by atoms with Gasteiger partial charge in [-0.15, -0.1) is 0 Å². The van der Waals surface area contributed by atoms with Crippen molar-refractivity contribution in [2.24, 2.45) is 0 Å². The minimum atomic E-state index is -4.74. The van der Waals surface area contributed by atoms with Crippen LogP contribution >= 0.6 is 0 Å². The Hall–Kier alpha value is -3.03. The highest BCUT2D eigenvalue weighted by Gasteiger charge is 2.30. The van der Waals surface area contributed by atoms with Crippen LogP contribution in [0.15, 0.2) is 41.3 Å². The standard InChI is InChI=1S/C18H17F6NO6S/c1-28-12-3-4-16(15(8-12)29-2)32(26,27)25-11-5-13(30-9-17(19,20)21)7-14(6-11)31-10-18(22,23)24/h3-8,25H,9-10H2,1-2H3. The van der Waals surface area contributed by atoms with Gasteiger partial charge in [-0.3, -0.25) is 4.72 Å². The number of hydrogen-bond acceptors (Lipinski definition) is 6. The molecule has 0 aromatic heterocycles. The van der Waals surface area contributed by atoms with Gasteiger partial charge in [0.1, 0.15) is 27.9 Å². The van der Waals surface area contributed by atoms with Crippen molar-refractivity contribution in [1.82, 2.24) is 0 Å². The first kappa shape index (κ1) is 25.2. The molecule has 2 aromatic rings. The number of alkyl halides is 6. The molecule has 0 atom stereocenters. The zero-order valence-electron chi connectivity index (χ0n) is 16.5. The molecular weight excluding hydrogens is 472 g/mol. The van der Waals surface area contributed by atoms with E-state index in [1.165, 1.54) is 26.4 Å². The van der Waals surface area contributed by atoms with Crippen LogP contribution in [0.25, 0.3) is 0 Å². The highest BCUT2D eigenvalue weighted by atomic mass is 32.2. The molecule has 0 spiro atoms. The van der Waals surface area contributed by atoms with Crippen LogP contribution in [0, 0.1) is 0 Å². The van der Waals surface area contributed by atoms with E-state index in [1.807, 2.05) is 0 Å². The lowest BCUT2D eigenvalue weighted by atomic mass is 10.3. The highest BCUT2D eigenvalue weighted by molar-refractivity contribution is 7.92. The van der Waals surface area contributed by atoms with Crippen LogP contribution in [0.2, 0.25) is 0 Å². The molecule has 0 radical (unpaired) electrons. The highest BCUT2D eigenvalue weighted by Crippen LogP contribution is 2.33. The van der Waals surface area contributed by atoms with Crippen LogP contribution in [0.1, 0.15) is 0 Å². The molecule has 2 rings (SSSR count). The average Bonchev–Trinajstić information content (AvgIpc) is 2.68. The second kappa shape index (κ2) is 9.63. The quantitative estimate of drug-likeness (QED) is 0.527. The molecule has 2 aromatic carbocycles. The van der Waals surface area contributed by atoms with Gasteiger partial charge in [0, 0.05) is 24.3 Å². The van der Waals surface area contributed by atoms with Crippen molar-refractivity contribution < 1.29 is 53.7 Å². The number of hydrogen-bond donors (Lipinski definition) is 1. The molecule has 0 amide bonds. The van der Waals surface area contributed by atoms with E-state index in [4.69, 9.17) is 9.47 Å². The van der Waals surface area contributed by atoms with E-state index < -0.39 is 52.8 Å². The fourth-order valence-electron chi connectivity index (χ4n) is 2.33. The minimum Gasteiger partial charge on any atom is -0.497 e. The Morgan fingerprint density at radius 2 is 1.31 bits per heavy atom. The van der Waals surface area contributed by atoms with E-state index in [-0.39, 0.29) is 16.4 Å². The fourth-order valence-corrected chi connectivity index (χ4v) is 3.53. The first-order valence-electron chi connectivity index (χ1n) is 8.51. The molecule has 0 unspecified atom stereocenters. The zero-order valence-corrected chi connectivity index (χ0v) is 17.3. The molecule has 1 N–H and O–H groups in total. The summed E-state index contributed by atoms with van der Waals surface area (Å²) in [5.41, 5.74) is -0.403. The monoisotopic (exact) mass is 489 g/mol. The van der Waals surface area contributed by atoms with E-state index in [0.29, 0.717) is 0 Å². The van der Waals surface area contributed by atoms with Crippen molar-refractivity contribution in [3.8, 4) is 23.0 Å². The van der Waals surface area contributed by atoms with Gasteiger partial charge in [0.05, 0.1) is 19.9 Å². The Morgan fingerprint density at radius 3 is 1.75 bits per heavy atom. The summed E-state index contributed by atoms with van der Waals surface area (Å²) >= 11 is 0. The number of halogens is 6. The van der Waals surface area contributed by atoms with Crippen molar-refractivity contribution in [3.05, 3.63) is 36.4 Å². The number of sulfonamides is 1. The second-order valence-electron chi connectivity index (χ2n) is 6.12. The molecule has 0 bridgehead atoms. The zero-order chi connectivity index (χ0) is 24.2. The van der Waals surface area contributed by atoms with Gasteiger partial charge in [-0.1, -0.05) is 0 Å². The summed E-state index contributed by atoms with van der Waals surface area (Å²) in [5.74, 6) is -0.969. The predicted octanol–water partition coefficient (Wildman–Crippen LogP) is 4.39. The van der Waals surface area contributed by atoms with Gasteiger partial charge in [-0.25, -0.2) is 8.42 Å². The van der Waals surface area contributed by atoms with Crippen LogP contribution < -0.4 is 23.7 Å². The van der Waals surface area contributed by atoms with Gasteiger partial charge in [-0.05, 0) is 12.1 Å². The lowest BCUT2D eigenvalue weighted by Gasteiger charge is -2.16. The third-order valence-corrected chi connectivity index (χ3v) is 5.02. The Kier molecular flexibility index (Phi) is 7.59. The summed E-state index contributed by atoms with van der Waals surface area (Å²) in [4.78, 5) is -0.361. The summed E-state index contributed by atoms with van der Waals surface area (Å²) in [5, 5.41) is 0. The minimum absolute atomic E-state index is 0.116. The molecule has 178 valence electrons. The van der Waals surface area contributed by atoms with Crippen LogP contribution in [0.3, 0.4) is 0 Å². The number of methoxy groups -OCH3 is 2. The van der Waals surface area contributed by atoms with Gasteiger partial charge in [0.25, 0.3) is 10.0 Å². The maximum atomic E-state index is 12.8. The smallest absolute Gasteiger partial charge is 0.422 e. The number of anilines is 1. The lowest BCUT2D eigenvalue weighted by molar-refractivity contribution is -0.153. The van der Waals surface area contributed by atoms with Gasteiger partial charge < -0.3 is 18.9 Å². The van der Waals surface area contributed by atoms with Gasteiger partial charge in [0.15, 0.2) is 13.2 Å². The second-order valence-corrected chi connectivity index (χ2v) is 7.77. The third-order valence-electron chi connectivity index (χ3n) is 3.60. The van der Waals surface area contributed by atoms with Crippen molar-refractivity contribution in [3.63, 3.8) is 0 Å². The van der Waals surface area contributed by atoms with Crippen LogP contribution in [0.4, 0.5) is 32.0 Å². The average molecular weight is 489 g/mol. The summed E-state index contributed by atoms with van der Waals surface area (Å²) in [7, 11) is -1.85. The largest absolute Gasteiger partial charge is 0.497 e. The SMILES string of the molecule is COc1ccc(S(=O)(=O)Nc2cc(OCC(F)(F)F)cc(OCC(F)(F)F)c2)c(OC)c1. The molecule has 0 aliphatic carbocycles. The topological polar surface area (TPSA) is 83.1 Å². The maximum absolute atomic E-state index is 12.8. The number of benzene rings is 2. The van der Waals surface area contributed by atoms with Crippen molar-refractivity contribution in [2.45, 2.75) is 17.2 Å². The maximum Gasteiger partial charge on any atom is 0.422 e. The molecular formula is C18H17F6NO6S. The van der Waals surface area contributed by atoms with Crippen LogP contribution in [-0.2, 0) is 10.0 Å². The molecule has 0 fully saturated rings. The molecule has 0 aliphatic rings. The van der Waals surface area contributed by atoms with E-state index in [1.54, 1.807) is 0 Å². The Bertz CT molecular complexity index is 1000. The summed E-state index contributed by atoms with van der Waals surface area (Å²) in [6.45, 7) is -3.51. The number of ether oxygens (including phenoxy) is 4.